The van der Waals surface area contributed by atoms with Gasteiger partial charge in [-0.3, -0.25) is 4.79 Å². The van der Waals surface area contributed by atoms with E-state index in [-0.39, 0.29) is 22.8 Å². The van der Waals surface area contributed by atoms with E-state index in [9.17, 15) is 4.79 Å². The Hall–Kier alpha value is -2.42. The summed E-state index contributed by atoms with van der Waals surface area (Å²) < 4.78 is 16.5. The molecule has 1 aromatic heterocycles. The number of hydrogen-bond donors (Lipinski definition) is 1. The molecule has 152 valence electrons. The summed E-state index contributed by atoms with van der Waals surface area (Å²) in [5.74, 6) is 1.17. The van der Waals surface area contributed by atoms with Gasteiger partial charge in [0, 0.05) is 5.02 Å². The van der Waals surface area contributed by atoms with Crippen LogP contribution in [0.25, 0.3) is 0 Å². The first kappa shape index (κ1) is 21.3. The van der Waals surface area contributed by atoms with E-state index in [2.05, 4.69) is 15.5 Å². The van der Waals surface area contributed by atoms with Gasteiger partial charge in [-0.2, -0.15) is 0 Å². The van der Waals surface area contributed by atoms with Crippen LogP contribution in [0.3, 0.4) is 0 Å². The van der Waals surface area contributed by atoms with Crippen LogP contribution >= 0.6 is 35.0 Å². The lowest BCUT2D eigenvalue weighted by Crippen LogP contribution is -2.14. The summed E-state index contributed by atoms with van der Waals surface area (Å²) in [6.45, 7) is 1.75. The molecule has 7 nitrogen and oxygen atoms in total. The number of nitrogens with zero attached hydrogens (tertiary/aromatic N) is 2. The summed E-state index contributed by atoms with van der Waals surface area (Å²) in [4.78, 5) is 12.2. The molecule has 0 bridgehead atoms. The highest BCUT2D eigenvalue weighted by Crippen LogP contribution is 2.31. The van der Waals surface area contributed by atoms with Gasteiger partial charge in [0.15, 0.2) is 6.10 Å². The van der Waals surface area contributed by atoms with Crippen LogP contribution in [0.2, 0.25) is 10.0 Å². The number of carbonyl (C=O) groups excluding carboxylic acids is 1. The number of aromatic nitrogens is 2. The van der Waals surface area contributed by atoms with Gasteiger partial charge in [0.1, 0.15) is 11.5 Å². The number of carbonyl (C=O) groups is 1. The van der Waals surface area contributed by atoms with Gasteiger partial charge in [-0.1, -0.05) is 47.1 Å². The van der Waals surface area contributed by atoms with E-state index in [1.54, 1.807) is 44.4 Å². The average molecular weight is 454 g/mol. The Bertz CT molecular complexity index is 999. The molecule has 0 aliphatic rings. The molecule has 1 amide bonds. The van der Waals surface area contributed by atoms with Crippen LogP contribution in [0.15, 0.2) is 52.1 Å². The Labute approximate surface area is 181 Å². The zero-order valence-electron chi connectivity index (χ0n) is 15.5. The topological polar surface area (TPSA) is 86.5 Å². The van der Waals surface area contributed by atoms with Crippen molar-refractivity contribution in [3.05, 3.63) is 58.4 Å². The van der Waals surface area contributed by atoms with E-state index in [1.807, 2.05) is 12.1 Å². The maximum atomic E-state index is 12.2. The van der Waals surface area contributed by atoms with Crippen molar-refractivity contribution < 1.29 is 18.7 Å². The van der Waals surface area contributed by atoms with E-state index in [0.29, 0.717) is 27.2 Å². The van der Waals surface area contributed by atoms with Crippen LogP contribution in [-0.2, 0) is 4.79 Å². The molecular weight excluding hydrogens is 437 g/mol. The molecule has 0 unspecified atom stereocenters. The number of thioether (sulfide) groups is 1. The van der Waals surface area contributed by atoms with E-state index < -0.39 is 6.10 Å². The van der Waals surface area contributed by atoms with Crippen molar-refractivity contribution in [2.45, 2.75) is 18.3 Å². The number of hydrogen-bond acceptors (Lipinski definition) is 7. The highest BCUT2D eigenvalue weighted by Gasteiger charge is 2.18. The van der Waals surface area contributed by atoms with Crippen molar-refractivity contribution >= 4 is 46.6 Å². The van der Waals surface area contributed by atoms with Crippen molar-refractivity contribution in [1.82, 2.24) is 10.2 Å². The molecular formula is C19H17Cl2N3O4S. The van der Waals surface area contributed by atoms with Gasteiger partial charge in [0.25, 0.3) is 11.1 Å². The molecule has 1 heterocycles. The molecule has 29 heavy (non-hydrogen) atoms. The maximum absolute atomic E-state index is 12.2. The number of anilines is 1. The standard InChI is InChI=1S/C19H17Cl2N3O4S/c1-11(27-15-8-7-12(20)9-13(15)21)18-23-24-19(28-18)29-10-17(25)22-14-5-3-4-6-16(14)26-2/h3-9,11H,10H2,1-2H3,(H,22,25)/t11-/m0/s1. The molecule has 1 N–H and O–H groups in total. The third-order valence-electron chi connectivity index (χ3n) is 3.68. The van der Waals surface area contributed by atoms with Crippen molar-refractivity contribution in [2.24, 2.45) is 0 Å². The van der Waals surface area contributed by atoms with Gasteiger partial charge in [-0.05, 0) is 37.3 Å². The quantitative estimate of drug-likeness (QED) is 0.465. The normalized spacial score (nSPS) is 11.7. The minimum atomic E-state index is -0.530. The van der Waals surface area contributed by atoms with Crippen LogP contribution in [0.4, 0.5) is 5.69 Å². The summed E-state index contributed by atoms with van der Waals surface area (Å²) in [6, 6.07) is 12.1. The summed E-state index contributed by atoms with van der Waals surface area (Å²) >= 11 is 13.1. The third kappa shape index (κ3) is 5.79. The van der Waals surface area contributed by atoms with Crippen molar-refractivity contribution in [1.29, 1.82) is 0 Å². The second-order valence-electron chi connectivity index (χ2n) is 5.78. The first-order valence-corrected chi connectivity index (χ1v) is 10.2. The molecule has 3 rings (SSSR count). The van der Waals surface area contributed by atoms with Gasteiger partial charge in [0.2, 0.25) is 5.91 Å². The second kappa shape index (κ2) is 9.87. The number of rotatable bonds is 8. The maximum Gasteiger partial charge on any atom is 0.277 e. The zero-order chi connectivity index (χ0) is 20.8. The lowest BCUT2D eigenvalue weighted by Gasteiger charge is -2.12. The minimum Gasteiger partial charge on any atom is -0.495 e. The fraction of sp³-hybridized carbons (Fsp3) is 0.211. The van der Waals surface area contributed by atoms with Crippen molar-refractivity contribution in [3.8, 4) is 11.5 Å². The van der Waals surface area contributed by atoms with Crippen LogP contribution in [-0.4, -0.2) is 29.0 Å². The molecule has 0 radical (unpaired) electrons. The fourth-order valence-electron chi connectivity index (χ4n) is 2.32. The number of benzene rings is 2. The molecule has 0 spiro atoms. The summed E-state index contributed by atoms with van der Waals surface area (Å²) in [5.41, 5.74) is 0.591. The largest absolute Gasteiger partial charge is 0.495 e. The van der Waals surface area contributed by atoms with Gasteiger partial charge in [-0.25, -0.2) is 0 Å². The Morgan fingerprint density at radius 3 is 2.76 bits per heavy atom. The predicted octanol–water partition coefficient (Wildman–Crippen LogP) is 5.26. The Morgan fingerprint density at radius 1 is 1.21 bits per heavy atom. The summed E-state index contributed by atoms with van der Waals surface area (Å²) in [5, 5.41) is 11.8. The van der Waals surface area contributed by atoms with Gasteiger partial charge >= 0.3 is 0 Å². The van der Waals surface area contributed by atoms with E-state index >= 15 is 0 Å². The smallest absolute Gasteiger partial charge is 0.277 e. The minimum absolute atomic E-state index is 0.0952. The van der Waals surface area contributed by atoms with E-state index in [0.717, 1.165) is 11.8 Å². The molecule has 10 heteroatoms. The average Bonchev–Trinajstić information content (AvgIpc) is 3.18. The number of nitrogens with one attached hydrogen (secondary N) is 1. The molecule has 0 aliphatic carbocycles. The van der Waals surface area contributed by atoms with Crippen LogP contribution in [0.5, 0.6) is 11.5 Å². The predicted molar refractivity (Wildman–Crippen MR) is 112 cm³/mol. The molecule has 3 aromatic rings. The van der Waals surface area contributed by atoms with Crippen LogP contribution < -0.4 is 14.8 Å². The lowest BCUT2D eigenvalue weighted by atomic mass is 10.3. The SMILES string of the molecule is COc1ccccc1NC(=O)CSc1nnc([C@H](C)Oc2ccc(Cl)cc2Cl)o1. The van der Waals surface area contributed by atoms with Gasteiger partial charge in [-0.15, -0.1) is 10.2 Å². The van der Waals surface area contributed by atoms with Crippen molar-refractivity contribution in [3.63, 3.8) is 0 Å². The molecule has 2 aromatic carbocycles. The number of halogens is 2. The number of para-hydroxylation sites is 2. The first-order valence-electron chi connectivity index (χ1n) is 8.47. The second-order valence-corrected chi connectivity index (χ2v) is 7.55. The highest BCUT2D eigenvalue weighted by atomic mass is 35.5. The number of ether oxygens (including phenoxy) is 2. The molecule has 0 fully saturated rings. The third-order valence-corrected chi connectivity index (χ3v) is 5.02. The summed E-state index contributed by atoms with van der Waals surface area (Å²) in [7, 11) is 1.54. The Kier molecular flexibility index (Phi) is 7.24. The fourth-order valence-corrected chi connectivity index (χ4v) is 3.34. The molecule has 0 saturated carbocycles. The van der Waals surface area contributed by atoms with Gasteiger partial charge < -0.3 is 19.2 Å². The highest BCUT2D eigenvalue weighted by molar-refractivity contribution is 7.99. The molecule has 0 aliphatic heterocycles. The Morgan fingerprint density at radius 2 is 2.00 bits per heavy atom. The lowest BCUT2D eigenvalue weighted by molar-refractivity contribution is -0.113. The monoisotopic (exact) mass is 453 g/mol. The van der Waals surface area contributed by atoms with Gasteiger partial charge in [0.05, 0.1) is 23.6 Å². The van der Waals surface area contributed by atoms with E-state index in [4.69, 9.17) is 37.1 Å². The Balaban J connectivity index is 1.55. The first-order chi connectivity index (χ1) is 14.0. The van der Waals surface area contributed by atoms with Crippen LogP contribution in [0, 0.1) is 0 Å². The number of methoxy groups -OCH3 is 1. The van der Waals surface area contributed by atoms with E-state index in [1.165, 1.54) is 0 Å². The van der Waals surface area contributed by atoms with Crippen LogP contribution in [0.1, 0.15) is 18.9 Å². The zero-order valence-corrected chi connectivity index (χ0v) is 17.8. The molecule has 0 saturated heterocycles. The number of amides is 1. The summed E-state index contributed by atoms with van der Waals surface area (Å²) in [6.07, 6.45) is -0.530. The molecule has 1 atom stereocenters. The van der Waals surface area contributed by atoms with Crippen molar-refractivity contribution in [2.75, 3.05) is 18.2 Å².